The first-order valence-electron chi connectivity index (χ1n) is 7.80. The van der Waals surface area contributed by atoms with Crippen LogP contribution in [0.1, 0.15) is 15.9 Å². The Morgan fingerprint density at radius 3 is 2.46 bits per heavy atom. The van der Waals surface area contributed by atoms with Crippen LogP contribution in [0.4, 0.5) is 9.52 Å². The lowest BCUT2D eigenvalue weighted by Crippen LogP contribution is -2.30. The van der Waals surface area contributed by atoms with Gasteiger partial charge in [0.05, 0.1) is 20.8 Å². The first kappa shape index (κ1) is 17.9. The van der Waals surface area contributed by atoms with E-state index in [2.05, 4.69) is 4.98 Å². The largest absolute Gasteiger partial charge is 0.493 e. The molecule has 0 atom stereocenters. The van der Waals surface area contributed by atoms with Gasteiger partial charge in [0, 0.05) is 17.1 Å². The second-order valence-corrected chi connectivity index (χ2v) is 6.28. The fourth-order valence-corrected chi connectivity index (χ4v) is 3.13. The molecule has 3 aromatic rings. The van der Waals surface area contributed by atoms with E-state index >= 15 is 0 Å². The predicted octanol–water partition coefficient (Wildman–Crippen LogP) is 4.15. The van der Waals surface area contributed by atoms with E-state index in [0.717, 1.165) is 5.56 Å². The summed E-state index contributed by atoms with van der Waals surface area (Å²) in [7, 11) is 3.13. The summed E-state index contributed by atoms with van der Waals surface area (Å²) in [6, 6.07) is 10.9. The van der Waals surface area contributed by atoms with Gasteiger partial charge in [-0.3, -0.25) is 9.69 Å². The smallest absolute Gasteiger partial charge is 0.260 e. The Morgan fingerprint density at radius 2 is 1.85 bits per heavy atom. The van der Waals surface area contributed by atoms with Crippen molar-refractivity contribution < 1.29 is 18.7 Å². The first-order valence-corrected chi connectivity index (χ1v) is 8.68. The van der Waals surface area contributed by atoms with Crippen LogP contribution in [0.2, 0.25) is 0 Å². The third-order valence-corrected chi connectivity index (χ3v) is 4.57. The molecule has 0 saturated heterocycles. The Hall–Kier alpha value is -2.93. The molecule has 0 saturated carbocycles. The van der Waals surface area contributed by atoms with Crippen LogP contribution < -0.4 is 14.4 Å². The summed E-state index contributed by atoms with van der Waals surface area (Å²) in [5.74, 6) is 0.553. The van der Waals surface area contributed by atoms with Gasteiger partial charge in [-0.1, -0.05) is 6.07 Å². The molecule has 0 spiro atoms. The number of anilines is 1. The van der Waals surface area contributed by atoms with E-state index in [1.54, 1.807) is 36.8 Å². The van der Waals surface area contributed by atoms with Crippen LogP contribution in [0.3, 0.4) is 0 Å². The zero-order valence-electron chi connectivity index (χ0n) is 14.3. The molecule has 0 bridgehead atoms. The summed E-state index contributed by atoms with van der Waals surface area (Å²) in [6.45, 7) is 0.296. The predicted molar refractivity (Wildman–Crippen MR) is 98.6 cm³/mol. The van der Waals surface area contributed by atoms with Gasteiger partial charge in [0.2, 0.25) is 0 Å². The van der Waals surface area contributed by atoms with Crippen LogP contribution in [-0.2, 0) is 6.54 Å². The van der Waals surface area contributed by atoms with Crippen LogP contribution in [0.15, 0.2) is 54.0 Å². The number of aromatic nitrogens is 1. The summed E-state index contributed by atoms with van der Waals surface area (Å²) in [6.07, 6.45) is 1.64. The zero-order valence-corrected chi connectivity index (χ0v) is 15.1. The second-order valence-electron chi connectivity index (χ2n) is 5.40. The van der Waals surface area contributed by atoms with E-state index in [-0.39, 0.29) is 11.7 Å². The number of benzene rings is 2. The summed E-state index contributed by atoms with van der Waals surface area (Å²) in [4.78, 5) is 18.8. The average Bonchev–Trinajstić information content (AvgIpc) is 3.20. The summed E-state index contributed by atoms with van der Waals surface area (Å²) in [5.41, 5.74) is 1.25. The van der Waals surface area contributed by atoms with Gasteiger partial charge in [-0.25, -0.2) is 9.37 Å². The van der Waals surface area contributed by atoms with Crippen LogP contribution in [-0.4, -0.2) is 25.1 Å². The van der Waals surface area contributed by atoms with E-state index < -0.39 is 0 Å². The molecule has 3 rings (SSSR count). The molecule has 0 aliphatic heterocycles. The van der Waals surface area contributed by atoms with Gasteiger partial charge in [-0.2, -0.15) is 0 Å². The monoisotopic (exact) mass is 372 g/mol. The fourth-order valence-electron chi connectivity index (χ4n) is 2.49. The van der Waals surface area contributed by atoms with Crippen molar-refractivity contribution in [2.24, 2.45) is 0 Å². The molecule has 0 radical (unpaired) electrons. The van der Waals surface area contributed by atoms with Crippen LogP contribution in [0.5, 0.6) is 11.5 Å². The maximum Gasteiger partial charge on any atom is 0.260 e. The minimum absolute atomic E-state index is 0.255. The third-order valence-electron chi connectivity index (χ3n) is 3.78. The van der Waals surface area contributed by atoms with E-state index in [1.807, 2.05) is 12.1 Å². The lowest BCUT2D eigenvalue weighted by Gasteiger charge is -2.21. The zero-order chi connectivity index (χ0) is 18.5. The number of hydrogen-bond donors (Lipinski definition) is 0. The molecule has 1 heterocycles. The summed E-state index contributed by atoms with van der Waals surface area (Å²) < 4.78 is 23.7. The minimum Gasteiger partial charge on any atom is -0.493 e. The molecule has 0 N–H and O–H groups in total. The van der Waals surface area contributed by atoms with E-state index in [4.69, 9.17) is 9.47 Å². The Morgan fingerprint density at radius 1 is 1.12 bits per heavy atom. The highest BCUT2D eigenvalue weighted by atomic mass is 32.1. The quantitative estimate of drug-likeness (QED) is 0.652. The molecule has 0 fully saturated rings. The van der Waals surface area contributed by atoms with Gasteiger partial charge in [0.1, 0.15) is 5.82 Å². The molecule has 1 aromatic heterocycles. The number of amides is 1. The highest BCUT2D eigenvalue weighted by molar-refractivity contribution is 7.13. The highest BCUT2D eigenvalue weighted by Gasteiger charge is 2.21. The molecular weight excluding hydrogens is 355 g/mol. The Labute approximate surface area is 154 Å². The molecule has 0 aliphatic carbocycles. The van der Waals surface area contributed by atoms with Crippen molar-refractivity contribution in [3.05, 3.63) is 71.0 Å². The van der Waals surface area contributed by atoms with Gasteiger partial charge in [0.25, 0.3) is 5.91 Å². The Kier molecular flexibility index (Phi) is 5.48. The van der Waals surface area contributed by atoms with Crippen LogP contribution in [0.25, 0.3) is 0 Å². The molecule has 2 aromatic carbocycles. The maximum atomic E-state index is 13.2. The summed E-state index contributed by atoms with van der Waals surface area (Å²) in [5, 5.41) is 2.36. The molecule has 5 nitrogen and oxygen atoms in total. The third kappa shape index (κ3) is 3.83. The lowest BCUT2D eigenvalue weighted by molar-refractivity contribution is 0.0985. The van der Waals surface area contributed by atoms with Crippen LogP contribution >= 0.6 is 11.3 Å². The lowest BCUT2D eigenvalue weighted by atomic mass is 10.1. The van der Waals surface area contributed by atoms with Gasteiger partial charge >= 0.3 is 0 Å². The number of thiazole rings is 1. The van der Waals surface area contributed by atoms with Gasteiger partial charge in [-0.15, -0.1) is 11.3 Å². The van der Waals surface area contributed by atoms with Crippen molar-refractivity contribution in [3.63, 3.8) is 0 Å². The molecule has 0 unspecified atom stereocenters. The molecule has 134 valence electrons. The molecular formula is C19H17FN2O3S. The van der Waals surface area contributed by atoms with Crippen molar-refractivity contribution in [2.75, 3.05) is 19.1 Å². The second kappa shape index (κ2) is 7.97. The molecule has 0 aliphatic rings. The summed E-state index contributed by atoms with van der Waals surface area (Å²) >= 11 is 1.36. The Balaban J connectivity index is 1.93. The number of hydrogen-bond acceptors (Lipinski definition) is 5. The van der Waals surface area contributed by atoms with E-state index in [0.29, 0.717) is 28.7 Å². The maximum absolute atomic E-state index is 13.2. The number of ether oxygens (including phenoxy) is 2. The number of rotatable bonds is 6. The van der Waals surface area contributed by atoms with Crippen molar-refractivity contribution in [3.8, 4) is 11.5 Å². The molecule has 1 amide bonds. The molecule has 26 heavy (non-hydrogen) atoms. The van der Waals surface area contributed by atoms with Gasteiger partial charge in [0.15, 0.2) is 16.6 Å². The highest BCUT2D eigenvalue weighted by Crippen LogP contribution is 2.29. The molecule has 7 heteroatoms. The SMILES string of the molecule is COc1ccc(CN(C(=O)c2ccc(F)cc2)c2nccs2)cc1OC. The van der Waals surface area contributed by atoms with Crippen molar-refractivity contribution in [2.45, 2.75) is 6.54 Å². The average molecular weight is 372 g/mol. The number of carbonyl (C=O) groups excluding carboxylic acids is 1. The van der Waals surface area contributed by atoms with Crippen molar-refractivity contribution in [1.29, 1.82) is 0 Å². The van der Waals surface area contributed by atoms with Crippen LogP contribution in [0, 0.1) is 5.82 Å². The van der Waals surface area contributed by atoms with Gasteiger partial charge in [-0.05, 0) is 42.0 Å². The van der Waals surface area contributed by atoms with Gasteiger partial charge < -0.3 is 9.47 Å². The van der Waals surface area contributed by atoms with E-state index in [9.17, 15) is 9.18 Å². The minimum atomic E-state index is -0.387. The normalized spacial score (nSPS) is 10.4. The number of nitrogens with zero attached hydrogens (tertiary/aromatic N) is 2. The number of methoxy groups -OCH3 is 2. The van der Waals surface area contributed by atoms with Crippen molar-refractivity contribution >= 4 is 22.4 Å². The first-order chi connectivity index (χ1) is 12.6. The number of carbonyl (C=O) groups is 1. The van der Waals surface area contributed by atoms with E-state index in [1.165, 1.54) is 35.6 Å². The van der Waals surface area contributed by atoms with Crippen molar-refractivity contribution in [1.82, 2.24) is 4.98 Å². The fraction of sp³-hybridized carbons (Fsp3) is 0.158. The number of halogens is 1. The standard InChI is InChI=1S/C19H17FN2O3S/c1-24-16-8-3-13(11-17(16)25-2)12-22(19-21-9-10-26-19)18(23)14-4-6-15(20)7-5-14/h3-11H,12H2,1-2H3. The Bertz CT molecular complexity index is 882. The topological polar surface area (TPSA) is 51.7 Å².